The Morgan fingerprint density at radius 2 is 1.84 bits per heavy atom. The summed E-state index contributed by atoms with van der Waals surface area (Å²) in [6.07, 6.45) is 0. The van der Waals surface area contributed by atoms with Gasteiger partial charge < -0.3 is 4.90 Å². The highest BCUT2D eigenvalue weighted by Gasteiger charge is 2.16. The van der Waals surface area contributed by atoms with Crippen LogP contribution >= 0.6 is 27.5 Å². The van der Waals surface area contributed by atoms with Crippen LogP contribution in [-0.2, 0) is 6.54 Å². The molecule has 0 saturated carbocycles. The fourth-order valence-electron chi connectivity index (χ4n) is 1.80. The summed E-state index contributed by atoms with van der Waals surface area (Å²) in [5.41, 5.74) is 1.60. The van der Waals surface area contributed by atoms with E-state index in [0.717, 1.165) is 10.0 Å². The number of benzene rings is 2. The molecule has 1 amide bonds. The van der Waals surface area contributed by atoms with Gasteiger partial charge in [0.2, 0.25) is 0 Å². The van der Waals surface area contributed by atoms with E-state index in [1.807, 2.05) is 36.4 Å². The summed E-state index contributed by atoms with van der Waals surface area (Å²) in [5, 5.41) is 0.451. The van der Waals surface area contributed by atoms with Crippen LogP contribution in [0.3, 0.4) is 0 Å². The van der Waals surface area contributed by atoms with E-state index in [-0.39, 0.29) is 5.91 Å². The molecule has 0 N–H and O–H groups in total. The van der Waals surface area contributed by atoms with E-state index < -0.39 is 0 Å². The van der Waals surface area contributed by atoms with Gasteiger partial charge in [0, 0.05) is 18.1 Å². The normalized spacial score (nSPS) is 10.3. The highest BCUT2D eigenvalue weighted by molar-refractivity contribution is 9.10. The van der Waals surface area contributed by atoms with Crippen molar-refractivity contribution in [3.05, 3.63) is 69.2 Å². The number of hydrogen-bond acceptors (Lipinski definition) is 1. The van der Waals surface area contributed by atoms with Crippen molar-refractivity contribution in [1.29, 1.82) is 0 Å². The minimum absolute atomic E-state index is 0.0878. The lowest BCUT2D eigenvalue weighted by Crippen LogP contribution is -2.26. The number of amides is 1. The van der Waals surface area contributed by atoms with Gasteiger partial charge in [-0.25, -0.2) is 0 Å². The Balaban J connectivity index is 2.18. The fraction of sp³-hybridized carbons (Fsp3) is 0.133. The third-order valence-corrected chi connectivity index (χ3v) is 4.09. The van der Waals surface area contributed by atoms with Gasteiger partial charge in [0.1, 0.15) is 0 Å². The lowest BCUT2D eigenvalue weighted by Gasteiger charge is -2.18. The zero-order valence-corrected chi connectivity index (χ0v) is 12.8. The predicted octanol–water partition coefficient (Wildman–Crippen LogP) is 4.37. The van der Waals surface area contributed by atoms with E-state index in [1.165, 1.54) is 0 Å². The molecule has 98 valence electrons. The van der Waals surface area contributed by atoms with Crippen molar-refractivity contribution in [1.82, 2.24) is 4.90 Å². The molecule has 0 aliphatic rings. The Labute approximate surface area is 126 Å². The number of carbonyl (C=O) groups excluding carboxylic acids is 1. The Hall–Kier alpha value is -1.32. The van der Waals surface area contributed by atoms with Crippen molar-refractivity contribution in [3.63, 3.8) is 0 Å². The van der Waals surface area contributed by atoms with E-state index in [9.17, 15) is 4.79 Å². The summed E-state index contributed by atoms with van der Waals surface area (Å²) in [5.74, 6) is -0.0878. The van der Waals surface area contributed by atoms with Crippen molar-refractivity contribution in [2.24, 2.45) is 0 Å². The molecule has 0 aliphatic heterocycles. The predicted molar refractivity (Wildman–Crippen MR) is 81.4 cm³/mol. The maximum atomic E-state index is 12.3. The molecule has 0 bridgehead atoms. The summed E-state index contributed by atoms with van der Waals surface area (Å²) in [4.78, 5) is 14.0. The van der Waals surface area contributed by atoms with Crippen LogP contribution in [0.2, 0.25) is 5.02 Å². The number of hydrogen-bond donors (Lipinski definition) is 0. The molecule has 0 spiro atoms. The number of halogens is 2. The third kappa shape index (κ3) is 3.37. The Kier molecular flexibility index (Phi) is 4.61. The molecule has 0 saturated heterocycles. The summed E-state index contributed by atoms with van der Waals surface area (Å²) in [6, 6.07) is 15.2. The zero-order valence-electron chi connectivity index (χ0n) is 10.4. The van der Waals surface area contributed by atoms with E-state index in [1.54, 1.807) is 24.1 Å². The average molecular weight is 339 g/mol. The molecule has 0 unspecified atom stereocenters. The SMILES string of the molecule is CN(Cc1ccccc1)C(=O)c1cccc(Br)c1Cl. The lowest BCUT2D eigenvalue weighted by molar-refractivity contribution is 0.0785. The van der Waals surface area contributed by atoms with Crippen LogP contribution in [0.5, 0.6) is 0 Å². The largest absolute Gasteiger partial charge is 0.337 e. The van der Waals surface area contributed by atoms with E-state index in [0.29, 0.717) is 17.1 Å². The zero-order chi connectivity index (χ0) is 13.8. The number of carbonyl (C=O) groups is 1. The highest BCUT2D eigenvalue weighted by atomic mass is 79.9. The molecular weight excluding hydrogens is 326 g/mol. The van der Waals surface area contributed by atoms with Crippen LogP contribution in [0.4, 0.5) is 0 Å². The summed E-state index contributed by atoms with van der Waals surface area (Å²) in [6.45, 7) is 0.558. The molecule has 19 heavy (non-hydrogen) atoms. The Bertz CT molecular complexity index is 586. The van der Waals surface area contributed by atoms with Gasteiger partial charge in [-0.05, 0) is 33.6 Å². The second kappa shape index (κ2) is 6.22. The van der Waals surface area contributed by atoms with Gasteiger partial charge in [0.05, 0.1) is 10.6 Å². The molecule has 2 aromatic rings. The Morgan fingerprint density at radius 3 is 2.53 bits per heavy atom. The standard InChI is InChI=1S/C15H13BrClNO/c1-18(10-11-6-3-2-4-7-11)15(19)12-8-5-9-13(16)14(12)17/h2-9H,10H2,1H3. The second-order valence-electron chi connectivity index (χ2n) is 4.25. The van der Waals surface area contributed by atoms with E-state index in [2.05, 4.69) is 15.9 Å². The molecule has 2 aromatic carbocycles. The monoisotopic (exact) mass is 337 g/mol. The van der Waals surface area contributed by atoms with Crippen molar-refractivity contribution < 1.29 is 4.79 Å². The second-order valence-corrected chi connectivity index (χ2v) is 5.48. The number of nitrogens with zero attached hydrogens (tertiary/aromatic N) is 1. The first-order chi connectivity index (χ1) is 9.09. The number of rotatable bonds is 3. The van der Waals surface area contributed by atoms with Crippen LogP contribution in [0.15, 0.2) is 53.0 Å². The molecule has 0 aliphatic carbocycles. The topological polar surface area (TPSA) is 20.3 Å². The molecule has 4 heteroatoms. The smallest absolute Gasteiger partial charge is 0.255 e. The summed E-state index contributed by atoms with van der Waals surface area (Å²) < 4.78 is 0.730. The first kappa shape index (κ1) is 14.1. The maximum Gasteiger partial charge on any atom is 0.255 e. The molecule has 0 fully saturated rings. The molecule has 0 heterocycles. The van der Waals surface area contributed by atoms with Gasteiger partial charge in [-0.1, -0.05) is 48.0 Å². The Morgan fingerprint density at radius 1 is 1.16 bits per heavy atom. The molecular formula is C15H13BrClNO. The highest BCUT2D eigenvalue weighted by Crippen LogP contribution is 2.27. The van der Waals surface area contributed by atoms with Gasteiger partial charge in [0.15, 0.2) is 0 Å². The van der Waals surface area contributed by atoms with Crippen LogP contribution < -0.4 is 0 Å². The van der Waals surface area contributed by atoms with Gasteiger partial charge in [0.25, 0.3) is 5.91 Å². The van der Waals surface area contributed by atoms with Crippen LogP contribution in [0.1, 0.15) is 15.9 Å². The molecule has 2 rings (SSSR count). The van der Waals surface area contributed by atoms with Crippen LogP contribution in [0.25, 0.3) is 0 Å². The van der Waals surface area contributed by atoms with Crippen molar-refractivity contribution >= 4 is 33.4 Å². The minimum atomic E-state index is -0.0878. The first-order valence-electron chi connectivity index (χ1n) is 5.83. The first-order valence-corrected chi connectivity index (χ1v) is 7.00. The van der Waals surface area contributed by atoms with Crippen molar-refractivity contribution in [2.45, 2.75) is 6.54 Å². The van der Waals surface area contributed by atoms with Crippen molar-refractivity contribution in [2.75, 3.05) is 7.05 Å². The molecule has 0 atom stereocenters. The van der Waals surface area contributed by atoms with Crippen LogP contribution in [-0.4, -0.2) is 17.9 Å². The molecule has 0 aromatic heterocycles. The molecule has 0 radical (unpaired) electrons. The van der Waals surface area contributed by atoms with Gasteiger partial charge in [-0.15, -0.1) is 0 Å². The quantitative estimate of drug-likeness (QED) is 0.813. The fourth-order valence-corrected chi connectivity index (χ4v) is 2.38. The summed E-state index contributed by atoms with van der Waals surface area (Å²) >= 11 is 9.47. The van der Waals surface area contributed by atoms with E-state index >= 15 is 0 Å². The van der Waals surface area contributed by atoms with Gasteiger partial charge in [-0.2, -0.15) is 0 Å². The average Bonchev–Trinajstić information content (AvgIpc) is 2.42. The van der Waals surface area contributed by atoms with Crippen molar-refractivity contribution in [3.8, 4) is 0 Å². The maximum absolute atomic E-state index is 12.3. The van der Waals surface area contributed by atoms with E-state index in [4.69, 9.17) is 11.6 Å². The third-order valence-electron chi connectivity index (χ3n) is 2.79. The minimum Gasteiger partial charge on any atom is -0.337 e. The van der Waals surface area contributed by atoms with Gasteiger partial charge in [-0.3, -0.25) is 4.79 Å². The summed E-state index contributed by atoms with van der Waals surface area (Å²) in [7, 11) is 1.77. The van der Waals surface area contributed by atoms with Gasteiger partial charge >= 0.3 is 0 Å². The molecule has 2 nitrogen and oxygen atoms in total. The van der Waals surface area contributed by atoms with Crippen LogP contribution in [0, 0.1) is 0 Å². The lowest BCUT2D eigenvalue weighted by atomic mass is 10.1.